The van der Waals surface area contributed by atoms with Gasteiger partial charge in [-0.2, -0.15) is 24.3 Å². The van der Waals surface area contributed by atoms with E-state index in [0.717, 1.165) is 12.8 Å². The van der Waals surface area contributed by atoms with Crippen LogP contribution in [0.25, 0.3) is 43.8 Å². The third-order valence-corrected chi connectivity index (χ3v) is 9.86. The molecule has 0 heterocycles. The van der Waals surface area contributed by atoms with Crippen molar-refractivity contribution in [2.45, 2.75) is 118 Å². The van der Waals surface area contributed by atoms with Gasteiger partial charge in [0.05, 0.1) is 0 Å². The van der Waals surface area contributed by atoms with Crippen molar-refractivity contribution in [3.05, 3.63) is 145 Å². The van der Waals surface area contributed by atoms with Crippen molar-refractivity contribution in [1.82, 2.24) is 0 Å². The van der Waals surface area contributed by atoms with E-state index >= 15 is 0 Å². The predicted molar refractivity (Wildman–Crippen MR) is 248 cm³/mol. The Morgan fingerprint density at radius 3 is 1.12 bits per heavy atom. The summed E-state index contributed by atoms with van der Waals surface area (Å²) in [5.41, 5.74) is 14.4. The zero-order chi connectivity index (χ0) is 40.4. The molecule has 0 spiro atoms. The molecule has 0 saturated carbocycles. The number of alkyl halides is 3. The Morgan fingerprint density at radius 1 is 0.579 bits per heavy atom. The first-order valence-electron chi connectivity index (χ1n) is 19.1. The summed E-state index contributed by atoms with van der Waals surface area (Å²) >= 11 is 1.36. The minimum absolute atomic E-state index is 0. The van der Waals surface area contributed by atoms with Crippen molar-refractivity contribution >= 4 is 53.2 Å². The summed E-state index contributed by atoms with van der Waals surface area (Å²) in [6.07, 6.45) is -0.327. The fourth-order valence-electron chi connectivity index (χ4n) is 7.33. The van der Waals surface area contributed by atoms with Crippen LogP contribution < -0.4 is 0 Å². The number of fused-ring (bicyclic) bond motifs is 2. The molecule has 0 unspecified atom stereocenters. The third-order valence-electron chi connectivity index (χ3n) is 9.86. The first-order chi connectivity index (χ1) is 25.4. The summed E-state index contributed by atoms with van der Waals surface area (Å²) in [7, 11) is 0. The number of aryl methyl sites for hydroxylation is 4. The molecule has 0 aliphatic heterocycles. The fourth-order valence-corrected chi connectivity index (χ4v) is 7.33. The second-order valence-corrected chi connectivity index (χ2v) is 16.2. The van der Waals surface area contributed by atoms with Crippen LogP contribution in [0.15, 0.2) is 97.1 Å². The Morgan fingerprint density at radius 2 is 0.877 bits per heavy atom. The van der Waals surface area contributed by atoms with Gasteiger partial charge in [-0.05, 0) is 45.9 Å². The molecule has 0 aromatic heterocycles. The fraction of sp³-hybridized carbons (Fsp3) is 0.360. The van der Waals surface area contributed by atoms with Crippen LogP contribution in [0.3, 0.4) is 0 Å². The molecule has 57 heavy (non-hydrogen) atoms. The molecule has 0 atom stereocenters. The molecule has 0 bridgehead atoms. The zero-order valence-electron chi connectivity index (χ0n) is 35.9. The van der Waals surface area contributed by atoms with Gasteiger partial charge in [-0.15, -0.1) is 93.9 Å². The van der Waals surface area contributed by atoms with E-state index in [1.54, 1.807) is 0 Å². The van der Waals surface area contributed by atoms with Crippen molar-refractivity contribution < 1.29 is 36.5 Å². The van der Waals surface area contributed by atoms with Gasteiger partial charge in [0.2, 0.25) is 0 Å². The Labute approximate surface area is 372 Å². The van der Waals surface area contributed by atoms with Crippen LogP contribution in [0.5, 0.6) is 0 Å². The molecule has 2 radical (unpaired) electrons. The van der Waals surface area contributed by atoms with Gasteiger partial charge >= 0.3 is 36.4 Å². The van der Waals surface area contributed by atoms with Crippen LogP contribution in [-0.2, 0) is 47.0 Å². The summed E-state index contributed by atoms with van der Waals surface area (Å²) in [6, 6.07) is 36.4. The van der Waals surface area contributed by atoms with E-state index in [1.165, 1.54) is 113 Å². The predicted octanol–water partition coefficient (Wildman–Crippen LogP) is 16.3. The summed E-state index contributed by atoms with van der Waals surface area (Å²) < 4.78 is 32.2. The van der Waals surface area contributed by atoms with E-state index in [0.29, 0.717) is 0 Å². The van der Waals surface area contributed by atoms with Crippen LogP contribution in [0, 0.1) is 28.2 Å². The SMILES string of the molecule is CCCc1ccc(-c2cccc3[cH-]c(C(C)(C)C)c(C)c23)cc1.CCCc1ccc(-c2cccc3[cH-]c(C(C)(C)C)c(C)c23)cc1.Cl.Cl.[CH2-]CC(F)(F)F.[CH3-].[Si]=[Zr]. The molecular formula is C50H63Cl2F3SiZr-4. The molecule has 310 valence electrons. The Kier molecular flexibility index (Phi) is 23.0. The molecular weight excluding hydrogens is 848 g/mol. The van der Waals surface area contributed by atoms with Gasteiger partial charge in [-0.3, -0.25) is 0 Å². The van der Waals surface area contributed by atoms with Gasteiger partial charge in [0, 0.05) is 0 Å². The number of hydrogen-bond donors (Lipinski definition) is 0. The number of halogens is 5. The molecule has 0 saturated heterocycles. The summed E-state index contributed by atoms with van der Waals surface area (Å²) in [5.74, 6) is 0. The maximum absolute atomic E-state index is 10.7. The van der Waals surface area contributed by atoms with Gasteiger partial charge in [0.15, 0.2) is 0 Å². The Balaban J connectivity index is 0.000000889. The normalized spacial score (nSPS) is 11.0. The van der Waals surface area contributed by atoms with Crippen molar-refractivity contribution in [2.24, 2.45) is 0 Å². The van der Waals surface area contributed by atoms with Crippen LogP contribution in [0.2, 0.25) is 0 Å². The monoisotopic (exact) mass is 908 g/mol. The van der Waals surface area contributed by atoms with E-state index in [4.69, 9.17) is 0 Å². The van der Waals surface area contributed by atoms with Crippen molar-refractivity contribution in [3.8, 4) is 22.3 Å². The first-order valence-corrected chi connectivity index (χ1v) is 23.3. The molecule has 0 N–H and O–H groups in total. The van der Waals surface area contributed by atoms with Crippen LogP contribution in [0.1, 0.15) is 108 Å². The summed E-state index contributed by atoms with van der Waals surface area (Å²) in [5, 5.41) is 5.56. The molecule has 7 heteroatoms. The average Bonchev–Trinajstić information content (AvgIpc) is 3.67. The van der Waals surface area contributed by atoms with Gasteiger partial charge in [0.25, 0.3) is 0 Å². The Bertz CT molecular complexity index is 1930. The number of hydrogen-bond acceptors (Lipinski definition) is 0. The van der Waals surface area contributed by atoms with E-state index in [9.17, 15) is 13.2 Å². The average molecular weight is 911 g/mol. The van der Waals surface area contributed by atoms with E-state index in [-0.39, 0.29) is 43.1 Å². The molecule has 0 fully saturated rings. The zero-order valence-corrected chi connectivity index (χ0v) is 41.0. The topological polar surface area (TPSA) is 0 Å². The van der Waals surface area contributed by atoms with Crippen LogP contribution >= 0.6 is 24.8 Å². The third kappa shape index (κ3) is 14.7. The van der Waals surface area contributed by atoms with Gasteiger partial charge in [-0.25, -0.2) is 0 Å². The number of rotatable bonds is 6. The second-order valence-electron chi connectivity index (χ2n) is 16.2. The van der Waals surface area contributed by atoms with Crippen molar-refractivity contribution in [1.29, 1.82) is 0 Å². The minimum atomic E-state index is -4.07. The van der Waals surface area contributed by atoms with Crippen LogP contribution in [0.4, 0.5) is 13.2 Å². The van der Waals surface area contributed by atoms with Crippen LogP contribution in [-0.4, -0.2) is 13.1 Å². The van der Waals surface area contributed by atoms with Gasteiger partial charge < -0.3 is 14.4 Å². The molecule has 6 aromatic carbocycles. The van der Waals surface area contributed by atoms with E-state index in [2.05, 4.69) is 180 Å². The summed E-state index contributed by atoms with van der Waals surface area (Å²) in [6.45, 7) is 28.5. The Hall–Kier alpha value is -2.43. The van der Waals surface area contributed by atoms with E-state index < -0.39 is 12.6 Å². The van der Waals surface area contributed by atoms with Gasteiger partial charge in [0.1, 0.15) is 0 Å². The van der Waals surface area contributed by atoms with Crippen molar-refractivity contribution in [3.63, 3.8) is 0 Å². The maximum atomic E-state index is 10.7. The molecule has 0 aliphatic rings. The molecule has 0 aliphatic carbocycles. The molecule has 0 nitrogen and oxygen atoms in total. The standard InChI is InChI=1S/2C23H27.C3H4F3.CH3.2ClH.Si.Zr/c2*1-6-8-17-11-13-18(14-12-17)20-10-7-9-19-15-21(23(3,4)5)16(2)22(19)20;1-2-3(4,5)6;;;;;/h2*7,9-15H,6,8H2,1-5H3;1-2H2;1H3;2*1H;;/q4*-1;;;;. The molecule has 6 aromatic rings. The molecule has 6 rings (SSSR count). The molecule has 0 amide bonds. The number of benzene rings is 4. The first kappa shape index (κ1) is 54.6. The van der Waals surface area contributed by atoms with Gasteiger partial charge in [-0.1, -0.05) is 160 Å². The second kappa shape index (κ2) is 24.0. The van der Waals surface area contributed by atoms with Crippen molar-refractivity contribution in [2.75, 3.05) is 0 Å². The van der Waals surface area contributed by atoms with E-state index in [1.807, 2.05) is 0 Å². The quantitative estimate of drug-likeness (QED) is 0.115. The summed E-state index contributed by atoms with van der Waals surface area (Å²) in [4.78, 5) is 0.